The summed E-state index contributed by atoms with van der Waals surface area (Å²) < 4.78 is 29.6. The quantitative estimate of drug-likeness (QED) is 0.894. The number of hydrogen-bond acceptors (Lipinski definition) is 4. The molecular formula is C16H20ClF2N3O2. The largest absolute Gasteiger partial charge is 0.434 e. The Morgan fingerprint density at radius 3 is 2.75 bits per heavy atom. The maximum absolute atomic E-state index is 12.7. The highest BCUT2D eigenvalue weighted by atomic mass is 35.5. The topological polar surface area (TPSA) is 44.8 Å². The Morgan fingerprint density at radius 2 is 2.04 bits per heavy atom. The first-order valence-electron chi connectivity index (χ1n) is 8.03. The molecule has 2 aliphatic heterocycles. The summed E-state index contributed by atoms with van der Waals surface area (Å²) in [6.07, 6.45) is 0.886. The van der Waals surface area contributed by atoms with E-state index in [0.717, 1.165) is 32.6 Å². The maximum Gasteiger partial charge on any atom is 0.387 e. The van der Waals surface area contributed by atoms with Crippen LogP contribution in [0.2, 0.25) is 5.02 Å². The van der Waals surface area contributed by atoms with E-state index in [1.165, 1.54) is 18.2 Å². The minimum absolute atomic E-state index is 0.0868. The van der Waals surface area contributed by atoms with E-state index in [1.54, 1.807) is 4.90 Å². The second kappa shape index (κ2) is 7.63. The molecule has 132 valence electrons. The Balaban J connectivity index is 1.71. The second-order valence-electron chi connectivity index (χ2n) is 6.00. The predicted molar refractivity (Wildman–Crippen MR) is 86.8 cm³/mol. The number of carbonyl (C=O) groups excluding carboxylic acids is 1. The van der Waals surface area contributed by atoms with E-state index in [4.69, 9.17) is 11.6 Å². The van der Waals surface area contributed by atoms with Crippen LogP contribution in [0.15, 0.2) is 18.2 Å². The first-order valence-corrected chi connectivity index (χ1v) is 8.41. The van der Waals surface area contributed by atoms with Crippen LogP contribution in [-0.4, -0.2) is 67.6 Å². The van der Waals surface area contributed by atoms with Crippen molar-refractivity contribution in [2.24, 2.45) is 0 Å². The van der Waals surface area contributed by atoms with Gasteiger partial charge in [-0.3, -0.25) is 9.69 Å². The van der Waals surface area contributed by atoms with Crippen molar-refractivity contribution >= 4 is 17.5 Å². The summed E-state index contributed by atoms with van der Waals surface area (Å²) in [5, 5.41) is 3.62. The number of amides is 1. The summed E-state index contributed by atoms with van der Waals surface area (Å²) in [6.45, 7) is 2.04. The van der Waals surface area contributed by atoms with E-state index in [0.29, 0.717) is 24.2 Å². The Hall–Kier alpha value is -1.44. The number of rotatable bonds is 4. The van der Waals surface area contributed by atoms with Gasteiger partial charge in [0.05, 0.1) is 5.56 Å². The molecule has 2 fully saturated rings. The summed E-state index contributed by atoms with van der Waals surface area (Å²) in [7, 11) is 0. The molecule has 24 heavy (non-hydrogen) atoms. The average molecular weight is 360 g/mol. The van der Waals surface area contributed by atoms with Gasteiger partial charge in [0.1, 0.15) is 5.75 Å². The minimum Gasteiger partial charge on any atom is -0.434 e. The molecule has 1 aromatic carbocycles. The number of ether oxygens (including phenoxy) is 1. The zero-order valence-corrected chi connectivity index (χ0v) is 13.9. The van der Waals surface area contributed by atoms with Crippen molar-refractivity contribution in [2.45, 2.75) is 19.1 Å². The molecule has 0 spiro atoms. The van der Waals surface area contributed by atoms with Crippen LogP contribution in [0.5, 0.6) is 5.75 Å². The van der Waals surface area contributed by atoms with E-state index in [2.05, 4.69) is 15.0 Å². The van der Waals surface area contributed by atoms with Gasteiger partial charge in [-0.1, -0.05) is 11.6 Å². The van der Waals surface area contributed by atoms with Gasteiger partial charge < -0.3 is 15.0 Å². The van der Waals surface area contributed by atoms with Crippen molar-refractivity contribution in [3.63, 3.8) is 0 Å². The number of nitrogens with one attached hydrogen (secondary N) is 1. The van der Waals surface area contributed by atoms with Gasteiger partial charge in [0.15, 0.2) is 0 Å². The number of benzene rings is 1. The van der Waals surface area contributed by atoms with Gasteiger partial charge in [-0.25, -0.2) is 0 Å². The van der Waals surface area contributed by atoms with E-state index in [-0.39, 0.29) is 17.2 Å². The molecular weight excluding hydrogens is 340 g/mol. The van der Waals surface area contributed by atoms with Crippen molar-refractivity contribution in [3.05, 3.63) is 28.8 Å². The number of halogens is 3. The third-order valence-electron chi connectivity index (χ3n) is 4.51. The summed E-state index contributed by atoms with van der Waals surface area (Å²) >= 11 is 5.93. The summed E-state index contributed by atoms with van der Waals surface area (Å²) in [5.41, 5.74) is 0.0868. The Bertz CT molecular complexity index is 597. The van der Waals surface area contributed by atoms with Crippen molar-refractivity contribution < 1.29 is 18.3 Å². The first kappa shape index (κ1) is 17.4. The zero-order valence-electron chi connectivity index (χ0n) is 13.2. The normalized spacial score (nSPS) is 22.2. The lowest BCUT2D eigenvalue weighted by Crippen LogP contribution is -2.49. The molecule has 0 bridgehead atoms. The van der Waals surface area contributed by atoms with Gasteiger partial charge in [0, 0.05) is 50.3 Å². The molecule has 1 N–H and O–H groups in total. The van der Waals surface area contributed by atoms with Crippen LogP contribution in [0.4, 0.5) is 8.78 Å². The standard InChI is InChI=1S/C16H20ClF2N3O2/c17-11-1-2-14(24-16(18)19)13(9-11)15(23)22-6-3-12(10-22)21-7-4-20-5-8-21/h1-2,9,12,16,20H,3-8,10H2. The number of carbonyl (C=O) groups is 1. The van der Waals surface area contributed by atoms with E-state index in [1.807, 2.05) is 0 Å². The molecule has 1 aromatic rings. The number of nitrogens with zero attached hydrogens (tertiary/aromatic N) is 2. The number of hydrogen-bond donors (Lipinski definition) is 1. The Kier molecular flexibility index (Phi) is 5.53. The molecule has 2 aliphatic rings. The van der Waals surface area contributed by atoms with Crippen LogP contribution in [0.1, 0.15) is 16.8 Å². The molecule has 1 atom stereocenters. The summed E-state index contributed by atoms with van der Waals surface area (Å²) in [4.78, 5) is 16.8. The van der Waals surface area contributed by atoms with E-state index >= 15 is 0 Å². The second-order valence-corrected chi connectivity index (χ2v) is 6.44. The lowest BCUT2D eigenvalue weighted by molar-refractivity contribution is -0.0502. The number of likely N-dealkylation sites (tertiary alicyclic amines) is 1. The smallest absolute Gasteiger partial charge is 0.387 e. The number of piperazine rings is 1. The molecule has 2 heterocycles. The van der Waals surface area contributed by atoms with E-state index < -0.39 is 6.61 Å². The molecule has 0 aromatic heterocycles. The lowest BCUT2D eigenvalue weighted by Gasteiger charge is -2.32. The Labute approximate surface area is 144 Å². The van der Waals surface area contributed by atoms with Crippen molar-refractivity contribution in [1.29, 1.82) is 0 Å². The highest BCUT2D eigenvalue weighted by molar-refractivity contribution is 6.31. The zero-order chi connectivity index (χ0) is 17.1. The maximum atomic E-state index is 12.7. The van der Waals surface area contributed by atoms with Gasteiger partial charge >= 0.3 is 6.61 Å². The average Bonchev–Trinajstić information content (AvgIpc) is 3.06. The lowest BCUT2D eigenvalue weighted by atomic mass is 10.1. The van der Waals surface area contributed by atoms with Crippen LogP contribution in [-0.2, 0) is 0 Å². The van der Waals surface area contributed by atoms with Crippen LogP contribution in [0, 0.1) is 0 Å². The molecule has 2 saturated heterocycles. The predicted octanol–water partition coefficient (Wildman–Crippen LogP) is 2.06. The van der Waals surface area contributed by atoms with E-state index in [9.17, 15) is 13.6 Å². The van der Waals surface area contributed by atoms with Gasteiger partial charge in [-0.2, -0.15) is 8.78 Å². The first-order chi connectivity index (χ1) is 11.5. The van der Waals surface area contributed by atoms with Gasteiger partial charge in [-0.15, -0.1) is 0 Å². The Morgan fingerprint density at radius 1 is 1.29 bits per heavy atom. The van der Waals surface area contributed by atoms with Crippen molar-refractivity contribution in [2.75, 3.05) is 39.3 Å². The fraction of sp³-hybridized carbons (Fsp3) is 0.562. The van der Waals surface area contributed by atoms with Crippen LogP contribution in [0.3, 0.4) is 0 Å². The fourth-order valence-electron chi connectivity index (χ4n) is 3.31. The molecule has 0 saturated carbocycles. The molecule has 0 radical (unpaired) electrons. The highest BCUT2D eigenvalue weighted by Gasteiger charge is 2.32. The fourth-order valence-corrected chi connectivity index (χ4v) is 3.48. The summed E-state index contributed by atoms with van der Waals surface area (Å²) in [5.74, 6) is -0.448. The molecule has 8 heteroatoms. The molecule has 5 nitrogen and oxygen atoms in total. The summed E-state index contributed by atoms with van der Waals surface area (Å²) in [6, 6.07) is 4.45. The monoisotopic (exact) mass is 359 g/mol. The van der Waals surface area contributed by atoms with Crippen molar-refractivity contribution in [3.8, 4) is 5.75 Å². The van der Waals surface area contributed by atoms with Crippen LogP contribution in [0.25, 0.3) is 0 Å². The molecule has 0 aliphatic carbocycles. The molecule has 1 amide bonds. The van der Waals surface area contributed by atoms with Crippen LogP contribution >= 0.6 is 11.6 Å². The molecule has 1 unspecified atom stereocenters. The SMILES string of the molecule is O=C(c1cc(Cl)ccc1OC(F)F)N1CCC(N2CCNCC2)C1. The van der Waals surface area contributed by atoms with Gasteiger partial charge in [-0.05, 0) is 24.6 Å². The third kappa shape index (κ3) is 3.96. The van der Waals surface area contributed by atoms with Crippen LogP contribution < -0.4 is 10.1 Å². The van der Waals surface area contributed by atoms with Crippen molar-refractivity contribution in [1.82, 2.24) is 15.1 Å². The minimum atomic E-state index is -2.98. The van der Waals surface area contributed by atoms with Gasteiger partial charge in [0.2, 0.25) is 0 Å². The third-order valence-corrected chi connectivity index (χ3v) is 4.74. The van der Waals surface area contributed by atoms with Gasteiger partial charge in [0.25, 0.3) is 5.91 Å². The number of alkyl halides is 2. The molecule has 3 rings (SSSR count). The highest BCUT2D eigenvalue weighted by Crippen LogP contribution is 2.28.